The highest BCUT2D eigenvalue weighted by Gasteiger charge is 2.19. The Bertz CT molecular complexity index is 757. The first-order valence-electron chi connectivity index (χ1n) is 8.11. The zero-order valence-corrected chi connectivity index (χ0v) is 15.5. The zero-order chi connectivity index (χ0) is 20.4. The van der Waals surface area contributed by atoms with Crippen LogP contribution in [0.2, 0.25) is 0 Å². The van der Waals surface area contributed by atoms with Crippen molar-refractivity contribution in [2.45, 2.75) is 32.9 Å². The van der Waals surface area contributed by atoms with Gasteiger partial charge in [-0.3, -0.25) is 0 Å². The molecule has 0 spiro atoms. The molecular formula is C20H23NO6. The number of hydrogen-bond acceptors (Lipinski definition) is 6. The summed E-state index contributed by atoms with van der Waals surface area (Å²) in [5.74, 6) is -3.93. The minimum Gasteiger partial charge on any atom is -0.489 e. The number of aliphatic carboxylic acids is 1. The number of carbonyl (C=O) groups excluding carboxylic acids is 2. The van der Waals surface area contributed by atoms with Gasteiger partial charge in [0.1, 0.15) is 12.4 Å². The number of carboxylic acid groups (broad SMARTS) is 1. The summed E-state index contributed by atoms with van der Waals surface area (Å²) in [6.07, 6.45) is 0. The summed E-state index contributed by atoms with van der Waals surface area (Å²) in [4.78, 5) is 32.6. The summed E-state index contributed by atoms with van der Waals surface area (Å²) in [5.41, 5.74) is 6.41. The van der Waals surface area contributed by atoms with E-state index in [0.717, 1.165) is 5.56 Å². The van der Waals surface area contributed by atoms with Crippen LogP contribution in [0.4, 0.5) is 0 Å². The van der Waals surface area contributed by atoms with Crippen molar-refractivity contribution in [3.05, 3.63) is 65.7 Å². The molecule has 144 valence electrons. The van der Waals surface area contributed by atoms with Crippen molar-refractivity contribution < 1.29 is 29.0 Å². The third-order valence-electron chi connectivity index (χ3n) is 2.70. The van der Waals surface area contributed by atoms with E-state index in [4.69, 9.17) is 15.6 Å². The van der Waals surface area contributed by atoms with Gasteiger partial charge in [-0.05, 0) is 50.6 Å². The van der Waals surface area contributed by atoms with Gasteiger partial charge >= 0.3 is 17.9 Å². The van der Waals surface area contributed by atoms with Crippen molar-refractivity contribution in [2.24, 2.45) is 5.73 Å². The van der Waals surface area contributed by atoms with Crippen molar-refractivity contribution in [2.75, 3.05) is 0 Å². The summed E-state index contributed by atoms with van der Waals surface area (Å²) < 4.78 is 9.68. The van der Waals surface area contributed by atoms with Crippen molar-refractivity contribution >= 4 is 17.9 Å². The number of carbonyl (C=O) groups is 3. The average Bonchev–Trinajstić information content (AvgIpc) is 2.59. The molecule has 0 bridgehead atoms. The van der Waals surface area contributed by atoms with E-state index in [9.17, 15) is 14.4 Å². The number of benzene rings is 2. The van der Waals surface area contributed by atoms with Crippen LogP contribution in [0.3, 0.4) is 0 Å². The lowest BCUT2D eigenvalue weighted by Gasteiger charge is -2.07. The van der Waals surface area contributed by atoms with Gasteiger partial charge in [0.05, 0.1) is 5.56 Å². The lowest BCUT2D eigenvalue weighted by atomic mass is 10.1. The van der Waals surface area contributed by atoms with Gasteiger partial charge in [0, 0.05) is 5.54 Å². The summed E-state index contributed by atoms with van der Waals surface area (Å²) in [7, 11) is 0. The zero-order valence-electron chi connectivity index (χ0n) is 15.5. The minimum absolute atomic E-state index is 0. The molecule has 0 aromatic heterocycles. The molecule has 2 aromatic carbocycles. The highest BCUT2D eigenvalue weighted by Crippen LogP contribution is 2.15. The van der Waals surface area contributed by atoms with Gasteiger partial charge in [-0.15, -0.1) is 0 Å². The van der Waals surface area contributed by atoms with Crippen molar-refractivity contribution in [3.8, 4) is 5.75 Å². The number of ether oxygens (including phenoxy) is 2. The van der Waals surface area contributed by atoms with Gasteiger partial charge in [0.15, 0.2) is 0 Å². The van der Waals surface area contributed by atoms with Crippen LogP contribution in [0.1, 0.15) is 36.7 Å². The molecule has 0 aliphatic heterocycles. The molecular weight excluding hydrogens is 350 g/mol. The lowest BCUT2D eigenvalue weighted by Crippen LogP contribution is -2.26. The number of carboxylic acids is 1. The fourth-order valence-electron chi connectivity index (χ4n) is 1.61. The Hall–Kier alpha value is -3.19. The van der Waals surface area contributed by atoms with E-state index in [1.54, 1.807) is 0 Å². The fraction of sp³-hybridized carbons (Fsp3) is 0.250. The summed E-state index contributed by atoms with van der Waals surface area (Å²) >= 11 is 0. The molecule has 27 heavy (non-hydrogen) atoms. The number of rotatable bonds is 4. The molecule has 0 heterocycles. The van der Waals surface area contributed by atoms with E-state index in [-0.39, 0.29) is 11.1 Å². The molecule has 0 radical (unpaired) electrons. The van der Waals surface area contributed by atoms with Crippen molar-refractivity contribution in [1.29, 1.82) is 0 Å². The van der Waals surface area contributed by atoms with Gasteiger partial charge in [-0.2, -0.15) is 0 Å². The molecule has 0 aliphatic rings. The summed E-state index contributed by atoms with van der Waals surface area (Å²) in [5, 5.41) is 8.35. The van der Waals surface area contributed by atoms with Crippen LogP contribution in [-0.4, -0.2) is 28.6 Å². The van der Waals surface area contributed by atoms with Crippen LogP contribution < -0.4 is 10.5 Å². The quantitative estimate of drug-likeness (QED) is 0.481. The molecule has 0 saturated heterocycles. The predicted octanol–water partition coefficient (Wildman–Crippen LogP) is 2.78. The number of nitrogens with two attached hydrogens (primary N) is 1. The van der Waals surface area contributed by atoms with Crippen LogP contribution in [0.25, 0.3) is 0 Å². The maximum absolute atomic E-state index is 11.5. The Morgan fingerprint density at radius 3 is 1.96 bits per heavy atom. The Morgan fingerprint density at radius 2 is 1.48 bits per heavy atom. The second kappa shape index (κ2) is 10.1. The average molecular weight is 373 g/mol. The normalized spacial score (nSPS) is 10.2. The Labute approximate surface area is 157 Å². The number of esters is 2. The van der Waals surface area contributed by atoms with Gasteiger partial charge < -0.3 is 20.3 Å². The predicted molar refractivity (Wildman–Crippen MR) is 99.2 cm³/mol. The molecule has 0 amide bonds. The van der Waals surface area contributed by atoms with E-state index < -0.39 is 17.9 Å². The standard InChI is InChI=1S/C16H12O6.C4H11N/c17-14(18)16(20)22-15(19)12-6-8-13(9-7-12)21-10-11-4-2-1-3-5-11;1-4(2,3)5/h1-9H,10H2,(H,17,18);5H2,1-3H3. The van der Waals surface area contributed by atoms with Crippen LogP contribution in [0.15, 0.2) is 54.6 Å². The first-order valence-corrected chi connectivity index (χ1v) is 8.11. The molecule has 0 atom stereocenters. The number of hydrogen-bond donors (Lipinski definition) is 2. The fourth-order valence-corrected chi connectivity index (χ4v) is 1.61. The molecule has 7 nitrogen and oxygen atoms in total. The topological polar surface area (TPSA) is 116 Å². The maximum atomic E-state index is 11.5. The Morgan fingerprint density at radius 1 is 0.963 bits per heavy atom. The van der Waals surface area contributed by atoms with Gasteiger partial charge in [-0.25, -0.2) is 14.4 Å². The van der Waals surface area contributed by atoms with Crippen molar-refractivity contribution in [1.82, 2.24) is 0 Å². The molecule has 0 fully saturated rings. The third-order valence-corrected chi connectivity index (χ3v) is 2.70. The smallest absolute Gasteiger partial charge is 0.425 e. The van der Waals surface area contributed by atoms with Crippen LogP contribution in [-0.2, 0) is 20.9 Å². The van der Waals surface area contributed by atoms with Crippen LogP contribution in [0, 0.1) is 0 Å². The highest BCUT2D eigenvalue weighted by molar-refractivity contribution is 6.31. The van der Waals surface area contributed by atoms with E-state index in [1.807, 2.05) is 51.1 Å². The molecule has 2 aromatic rings. The summed E-state index contributed by atoms with van der Waals surface area (Å²) in [6.45, 7) is 6.27. The van der Waals surface area contributed by atoms with Crippen LogP contribution in [0.5, 0.6) is 5.75 Å². The van der Waals surface area contributed by atoms with Gasteiger partial charge in [0.25, 0.3) is 0 Å². The second-order valence-electron chi connectivity index (χ2n) is 6.65. The third kappa shape index (κ3) is 9.76. The van der Waals surface area contributed by atoms with Crippen LogP contribution >= 0.6 is 0 Å². The summed E-state index contributed by atoms with van der Waals surface area (Å²) in [6, 6.07) is 15.4. The first kappa shape index (κ1) is 21.9. The Kier molecular flexibility index (Phi) is 8.16. The molecule has 0 aliphatic carbocycles. The van der Waals surface area contributed by atoms with E-state index >= 15 is 0 Å². The SMILES string of the molecule is CC(C)(C)N.O=C(O)C(=O)OC(=O)c1ccc(OCc2ccccc2)cc1. The highest BCUT2D eigenvalue weighted by atomic mass is 16.6. The van der Waals surface area contributed by atoms with Gasteiger partial charge in [-0.1, -0.05) is 30.3 Å². The monoisotopic (exact) mass is 373 g/mol. The lowest BCUT2D eigenvalue weighted by molar-refractivity contribution is -0.160. The van der Waals surface area contributed by atoms with Gasteiger partial charge in [0.2, 0.25) is 0 Å². The molecule has 7 heteroatoms. The van der Waals surface area contributed by atoms with E-state index in [0.29, 0.717) is 12.4 Å². The largest absolute Gasteiger partial charge is 0.489 e. The van der Waals surface area contributed by atoms with E-state index in [2.05, 4.69) is 4.74 Å². The minimum atomic E-state index is -1.82. The maximum Gasteiger partial charge on any atom is 0.425 e. The molecule has 0 saturated carbocycles. The van der Waals surface area contributed by atoms with Crippen molar-refractivity contribution in [3.63, 3.8) is 0 Å². The second-order valence-corrected chi connectivity index (χ2v) is 6.65. The molecule has 0 unspecified atom stereocenters. The first-order chi connectivity index (χ1) is 12.6. The van der Waals surface area contributed by atoms with E-state index in [1.165, 1.54) is 24.3 Å². The Balaban J connectivity index is 0.000000646. The molecule has 3 N–H and O–H groups in total. The molecule has 2 rings (SSSR count).